The van der Waals surface area contributed by atoms with Gasteiger partial charge >= 0.3 is 0 Å². The fourth-order valence-electron chi connectivity index (χ4n) is 2.29. The number of hydrogen-bond donors (Lipinski definition) is 2. The van der Waals surface area contributed by atoms with Crippen molar-refractivity contribution in [3.05, 3.63) is 34.9 Å². The number of piperidine rings is 1. The third-order valence-electron chi connectivity index (χ3n) is 3.39. The molecule has 2 unspecified atom stereocenters. The highest BCUT2D eigenvalue weighted by atomic mass is 35.5. The quantitative estimate of drug-likeness (QED) is 0.880. The summed E-state index contributed by atoms with van der Waals surface area (Å²) in [7, 11) is 0. The molecule has 1 saturated heterocycles. The molecule has 0 spiro atoms. The Bertz CT molecular complexity index is 405. The first-order chi connectivity index (χ1) is 8.65. The van der Waals surface area contributed by atoms with Crippen molar-refractivity contribution in [1.29, 1.82) is 0 Å². The first-order valence-electron chi connectivity index (χ1n) is 6.42. The molecule has 1 fully saturated rings. The van der Waals surface area contributed by atoms with Crippen molar-refractivity contribution in [3.8, 4) is 0 Å². The molecule has 1 aliphatic heterocycles. The third-order valence-corrected chi connectivity index (χ3v) is 3.64. The average Bonchev–Trinajstić information content (AvgIpc) is 2.35. The first kappa shape index (κ1) is 13.4. The van der Waals surface area contributed by atoms with Gasteiger partial charge in [-0.1, -0.05) is 23.7 Å². The van der Waals surface area contributed by atoms with E-state index in [1.54, 1.807) is 0 Å². The molecule has 0 bridgehead atoms. The van der Waals surface area contributed by atoms with Crippen molar-refractivity contribution < 1.29 is 4.79 Å². The molecule has 1 heterocycles. The molecule has 1 aromatic carbocycles. The van der Waals surface area contributed by atoms with E-state index in [-0.39, 0.29) is 11.9 Å². The smallest absolute Gasteiger partial charge is 0.224 e. The van der Waals surface area contributed by atoms with Crippen molar-refractivity contribution in [2.24, 2.45) is 0 Å². The third kappa shape index (κ3) is 3.72. The molecule has 0 aromatic heterocycles. The van der Waals surface area contributed by atoms with E-state index in [0.717, 1.165) is 24.9 Å². The summed E-state index contributed by atoms with van der Waals surface area (Å²) in [6, 6.07) is 8.02. The van der Waals surface area contributed by atoms with Crippen LogP contribution in [0.2, 0.25) is 5.02 Å². The molecule has 1 aromatic rings. The van der Waals surface area contributed by atoms with Gasteiger partial charge in [-0.25, -0.2) is 0 Å². The van der Waals surface area contributed by atoms with Gasteiger partial charge in [0, 0.05) is 17.1 Å². The molecule has 0 aliphatic carbocycles. The second-order valence-electron chi connectivity index (χ2n) is 4.86. The minimum atomic E-state index is 0.0814. The van der Waals surface area contributed by atoms with Gasteiger partial charge in [-0.05, 0) is 44.0 Å². The van der Waals surface area contributed by atoms with Gasteiger partial charge in [-0.3, -0.25) is 4.79 Å². The van der Waals surface area contributed by atoms with E-state index in [2.05, 4.69) is 17.6 Å². The highest BCUT2D eigenvalue weighted by Crippen LogP contribution is 2.11. The summed E-state index contributed by atoms with van der Waals surface area (Å²) in [5.41, 5.74) is 0.994. The van der Waals surface area contributed by atoms with Gasteiger partial charge in [0.15, 0.2) is 0 Å². The lowest BCUT2D eigenvalue weighted by Crippen LogP contribution is -2.52. The largest absolute Gasteiger partial charge is 0.352 e. The molecule has 98 valence electrons. The SMILES string of the molecule is CC1NCCCC1NC(=O)Cc1ccc(Cl)cc1. The molecule has 18 heavy (non-hydrogen) atoms. The molecule has 3 nitrogen and oxygen atoms in total. The summed E-state index contributed by atoms with van der Waals surface area (Å²) < 4.78 is 0. The number of hydrogen-bond acceptors (Lipinski definition) is 2. The maximum Gasteiger partial charge on any atom is 0.224 e. The molecule has 1 amide bonds. The summed E-state index contributed by atoms with van der Waals surface area (Å²) in [6.45, 7) is 3.16. The lowest BCUT2D eigenvalue weighted by atomic mass is 9.99. The van der Waals surface area contributed by atoms with Gasteiger partial charge in [0.25, 0.3) is 0 Å². The fraction of sp³-hybridized carbons (Fsp3) is 0.500. The molecule has 1 aliphatic rings. The summed E-state index contributed by atoms with van der Waals surface area (Å²) in [5, 5.41) is 7.17. The predicted octanol–water partition coefficient (Wildman–Crippen LogP) is 2.14. The van der Waals surface area contributed by atoms with Crippen LogP contribution in [0.3, 0.4) is 0 Å². The molecule has 0 saturated carbocycles. The summed E-state index contributed by atoms with van der Waals surface area (Å²) in [5.74, 6) is 0.0814. The van der Waals surface area contributed by atoms with Gasteiger partial charge < -0.3 is 10.6 Å². The van der Waals surface area contributed by atoms with Crippen LogP contribution in [-0.2, 0) is 11.2 Å². The Labute approximate surface area is 113 Å². The number of halogens is 1. The standard InChI is InChI=1S/C14H19ClN2O/c1-10-13(3-2-8-16-10)17-14(18)9-11-4-6-12(15)7-5-11/h4-7,10,13,16H,2-3,8-9H2,1H3,(H,17,18). The second-order valence-corrected chi connectivity index (χ2v) is 5.30. The minimum absolute atomic E-state index is 0.0814. The highest BCUT2D eigenvalue weighted by Gasteiger charge is 2.22. The molecule has 4 heteroatoms. The fourth-order valence-corrected chi connectivity index (χ4v) is 2.41. The van der Waals surface area contributed by atoms with Crippen LogP contribution in [0.4, 0.5) is 0 Å². The molecular weight excluding hydrogens is 248 g/mol. The number of rotatable bonds is 3. The normalized spacial score (nSPS) is 23.7. The van der Waals surface area contributed by atoms with Crippen LogP contribution in [0.25, 0.3) is 0 Å². The number of carbonyl (C=O) groups is 1. The lowest BCUT2D eigenvalue weighted by Gasteiger charge is -2.30. The Morgan fingerprint density at radius 1 is 1.44 bits per heavy atom. The van der Waals surface area contributed by atoms with E-state index >= 15 is 0 Å². The Morgan fingerprint density at radius 2 is 2.17 bits per heavy atom. The number of amides is 1. The maximum absolute atomic E-state index is 11.9. The number of benzene rings is 1. The molecule has 0 radical (unpaired) electrons. The van der Waals surface area contributed by atoms with Crippen molar-refractivity contribution in [2.75, 3.05) is 6.54 Å². The topological polar surface area (TPSA) is 41.1 Å². The maximum atomic E-state index is 11.9. The van der Waals surface area contributed by atoms with Crippen molar-refractivity contribution >= 4 is 17.5 Å². The Morgan fingerprint density at radius 3 is 2.83 bits per heavy atom. The van der Waals surface area contributed by atoms with Crippen molar-refractivity contribution in [3.63, 3.8) is 0 Å². The van der Waals surface area contributed by atoms with E-state index in [0.29, 0.717) is 17.5 Å². The molecule has 2 atom stereocenters. The second kappa shape index (κ2) is 6.21. The molecular formula is C14H19ClN2O. The van der Waals surface area contributed by atoms with Crippen LogP contribution in [-0.4, -0.2) is 24.5 Å². The van der Waals surface area contributed by atoms with E-state index in [4.69, 9.17) is 11.6 Å². The van der Waals surface area contributed by atoms with Crippen LogP contribution < -0.4 is 10.6 Å². The number of nitrogens with one attached hydrogen (secondary N) is 2. The summed E-state index contributed by atoms with van der Waals surface area (Å²) in [4.78, 5) is 11.9. The van der Waals surface area contributed by atoms with E-state index in [1.807, 2.05) is 24.3 Å². The van der Waals surface area contributed by atoms with Crippen LogP contribution in [0.1, 0.15) is 25.3 Å². The monoisotopic (exact) mass is 266 g/mol. The van der Waals surface area contributed by atoms with Gasteiger partial charge in [0.1, 0.15) is 0 Å². The Hall–Kier alpha value is -1.06. The minimum Gasteiger partial charge on any atom is -0.352 e. The van der Waals surface area contributed by atoms with Gasteiger partial charge in [0.2, 0.25) is 5.91 Å². The van der Waals surface area contributed by atoms with Crippen LogP contribution in [0.15, 0.2) is 24.3 Å². The van der Waals surface area contributed by atoms with Gasteiger partial charge in [0.05, 0.1) is 6.42 Å². The van der Waals surface area contributed by atoms with Crippen molar-refractivity contribution in [2.45, 2.75) is 38.3 Å². The van der Waals surface area contributed by atoms with Crippen LogP contribution in [0.5, 0.6) is 0 Å². The lowest BCUT2D eigenvalue weighted by molar-refractivity contribution is -0.121. The zero-order chi connectivity index (χ0) is 13.0. The van der Waals surface area contributed by atoms with Gasteiger partial charge in [-0.15, -0.1) is 0 Å². The predicted molar refractivity (Wildman–Crippen MR) is 73.8 cm³/mol. The Kier molecular flexibility index (Phi) is 4.61. The summed E-state index contributed by atoms with van der Waals surface area (Å²) in [6.07, 6.45) is 2.59. The Balaban J connectivity index is 1.86. The highest BCUT2D eigenvalue weighted by molar-refractivity contribution is 6.30. The zero-order valence-corrected chi connectivity index (χ0v) is 11.3. The van der Waals surface area contributed by atoms with Crippen LogP contribution in [0, 0.1) is 0 Å². The van der Waals surface area contributed by atoms with E-state index in [1.165, 1.54) is 0 Å². The summed E-state index contributed by atoms with van der Waals surface area (Å²) >= 11 is 5.81. The first-order valence-corrected chi connectivity index (χ1v) is 6.80. The number of carbonyl (C=O) groups excluding carboxylic acids is 1. The van der Waals surface area contributed by atoms with E-state index < -0.39 is 0 Å². The molecule has 2 rings (SSSR count). The van der Waals surface area contributed by atoms with Crippen molar-refractivity contribution in [1.82, 2.24) is 10.6 Å². The average molecular weight is 267 g/mol. The zero-order valence-electron chi connectivity index (χ0n) is 10.6. The van der Waals surface area contributed by atoms with Crippen LogP contribution >= 0.6 is 11.6 Å². The van der Waals surface area contributed by atoms with Gasteiger partial charge in [-0.2, -0.15) is 0 Å². The molecule has 2 N–H and O–H groups in total. The van der Waals surface area contributed by atoms with E-state index in [9.17, 15) is 4.79 Å².